The lowest BCUT2D eigenvalue weighted by atomic mass is 9.81. The molecule has 184 valence electrons. The minimum absolute atomic E-state index is 0.171. The summed E-state index contributed by atoms with van der Waals surface area (Å²) in [5, 5.41) is 0. The predicted octanol–water partition coefficient (Wildman–Crippen LogP) is 8.50. The first-order chi connectivity index (χ1) is 14.8. The van der Waals surface area contributed by atoms with E-state index in [1.54, 1.807) is 0 Å². The van der Waals surface area contributed by atoms with E-state index in [2.05, 4.69) is 20.7 Å². The average Bonchev–Trinajstić information content (AvgIpc) is 2.64. The van der Waals surface area contributed by atoms with E-state index < -0.39 is 57.2 Å². The Morgan fingerprint density at radius 3 is 1.67 bits per heavy atom. The van der Waals surface area contributed by atoms with Gasteiger partial charge in [-0.2, -0.15) is 35.1 Å². The molecule has 2 aromatic carbocycles. The second-order valence-corrected chi connectivity index (χ2v) is 7.51. The summed E-state index contributed by atoms with van der Waals surface area (Å²) < 4.78 is 163. The molecule has 0 spiro atoms. The van der Waals surface area contributed by atoms with E-state index in [0.717, 1.165) is 6.07 Å². The van der Waals surface area contributed by atoms with Crippen LogP contribution in [0.3, 0.4) is 0 Å². The smallest absolute Gasteiger partial charge is 0.406 e. The van der Waals surface area contributed by atoms with E-state index in [1.807, 2.05) is 0 Å². The summed E-state index contributed by atoms with van der Waals surface area (Å²) in [5.41, 5.74) is -10.2. The van der Waals surface area contributed by atoms with Gasteiger partial charge in [-0.3, -0.25) is 0 Å². The molecule has 0 aliphatic rings. The summed E-state index contributed by atoms with van der Waals surface area (Å²) >= 11 is 2.75. The summed E-state index contributed by atoms with van der Waals surface area (Å²) in [6.07, 6.45) is -19.0. The van der Waals surface area contributed by atoms with Gasteiger partial charge in [-0.1, -0.05) is 41.1 Å². The van der Waals surface area contributed by atoms with Gasteiger partial charge in [0.05, 0.1) is 0 Å². The molecule has 0 radical (unpaired) electrons. The van der Waals surface area contributed by atoms with Crippen molar-refractivity contribution >= 4 is 15.9 Å². The third kappa shape index (κ3) is 5.04. The maximum Gasteiger partial charge on any atom is 0.573 e. The van der Waals surface area contributed by atoms with Crippen molar-refractivity contribution in [2.24, 2.45) is 0 Å². The van der Waals surface area contributed by atoms with Crippen LogP contribution in [0.1, 0.15) is 18.1 Å². The topological polar surface area (TPSA) is 9.23 Å². The molecule has 14 heteroatoms. The molecule has 0 aromatic heterocycles. The highest BCUT2D eigenvalue weighted by atomic mass is 79.9. The van der Waals surface area contributed by atoms with E-state index in [9.17, 15) is 48.3 Å². The summed E-state index contributed by atoms with van der Waals surface area (Å²) in [5.74, 6) is -7.78. The Bertz CT molecular complexity index is 992. The first-order valence-corrected chi connectivity index (χ1v) is 9.44. The predicted molar refractivity (Wildman–Crippen MR) is 95.5 cm³/mol. The molecule has 0 amide bonds. The number of hydrogen-bond acceptors (Lipinski definition) is 1. The van der Waals surface area contributed by atoms with Crippen LogP contribution in [0.5, 0.6) is 5.75 Å². The fourth-order valence-electron chi connectivity index (χ4n) is 2.95. The Balaban J connectivity index is 2.89. The Morgan fingerprint density at radius 2 is 1.27 bits per heavy atom. The van der Waals surface area contributed by atoms with E-state index in [0.29, 0.717) is 24.3 Å². The fourth-order valence-corrected chi connectivity index (χ4v) is 3.69. The zero-order valence-electron chi connectivity index (χ0n) is 16.0. The van der Waals surface area contributed by atoms with Gasteiger partial charge in [0, 0.05) is 15.6 Å². The Kier molecular flexibility index (Phi) is 7.06. The van der Waals surface area contributed by atoms with Gasteiger partial charge in [-0.25, -0.2) is 4.39 Å². The molecule has 0 saturated heterocycles. The molecule has 0 fully saturated rings. The number of hydrogen-bond donors (Lipinski definition) is 0. The third-order valence-corrected chi connectivity index (χ3v) is 5.11. The molecule has 1 nitrogen and oxygen atoms in total. The Morgan fingerprint density at radius 1 is 0.758 bits per heavy atom. The summed E-state index contributed by atoms with van der Waals surface area (Å²) in [6, 6.07) is 3.72. The van der Waals surface area contributed by atoms with Crippen LogP contribution >= 0.6 is 15.9 Å². The standard InChI is InChI=1S/C19H11BrF12O/c1-2-9-7-12(15(21,17(24,25)26)16(22,23)18(27,28)29)14(13(20)8-9)10-3-5-11(6-4-10)33-19(30,31)32/h3-8H,2H2,1H3. The molecule has 0 saturated carbocycles. The number of rotatable bonds is 5. The summed E-state index contributed by atoms with van der Waals surface area (Å²) in [7, 11) is 0. The number of alkyl halides is 12. The van der Waals surface area contributed by atoms with Crippen molar-refractivity contribution in [2.75, 3.05) is 0 Å². The molecule has 2 aromatic rings. The lowest BCUT2D eigenvalue weighted by Gasteiger charge is -2.37. The average molecular weight is 563 g/mol. The zero-order chi connectivity index (χ0) is 25.6. The largest absolute Gasteiger partial charge is 0.573 e. The first-order valence-electron chi connectivity index (χ1n) is 8.65. The zero-order valence-corrected chi connectivity index (χ0v) is 17.6. The third-order valence-electron chi connectivity index (χ3n) is 4.49. The molecule has 0 heterocycles. The molecule has 1 atom stereocenters. The number of ether oxygens (including phenoxy) is 1. The van der Waals surface area contributed by atoms with Gasteiger partial charge < -0.3 is 4.74 Å². The van der Waals surface area contributed by atoms with Gasteiger partial charge in [0.2, 0.25) is 0 Å². The van der Waals surface area contributed by atoms with Gasteiger partial charge in [0.1, 0.15) is 5.75 Å². The van der Waals surface area contributed by atoms with Crippen molar-refractivity contribution in [2.45, 2.75) is 43.7 Å². The monoisotopic (exact) mass is 562 g/mol. The lowest BCUT2D eigenvalue weighted by Crippen LogP contribution is -2.60. The van der Waals surface area contributed by atoms with Crippen LogP contribution in [0.25, 0.3) is 11.1 Å². The minimum atomic E-state index is -6.94. The van der Waals surface area contributed by atoms with Crippen LogP contribution in [0.15, 0.2) is 40.9 Å². The quantitative estimate of drug-likeness (QED) is 0.332. The lowest BCUT2D eigenvalue weighted by molar-refractivity contribution is -0.389. The highest BCUT2D eigenvalue weighted by Gasteiger charge is 2.82. The van der Waals surface area contributed by atoms with Gasteiger partial charge in [-0.15, -0.1) is 13.2 Å². The molecule has 0 N–H and O–H groups in total. The minimum Gasteiger partial charge on any atom is -0.406 e. The highest BCUT2D eigenvalue weighted by Crippen LogP contribution is 2.60. The molecular weight excluding hydrogens is 552 g/mol. The molecule has 33 heavy (non-hydrogen) atoms. The Hall–Kier alpha value is -2.12. The van der Waals surface area contributed by atoms with Crippen LogP contribution in [0, 0.1) is 0 Å². The maximum atomic E-state index is 15.3. The molecule has 0 aliphatic heterocycles. The van der Waals surface area contributed by atoms with Gasteiger partial charge in [-0.05, 0) is 35.7 Å². The summed E-state index contributed by atoms with van der Waals surface area (Å²) in [6.45, 7) is 1.32. The van der Waals surface area contributed by atoms with Gasteiger partial charge >= 0.3 is 30.3 Å². The number of halogens is 13. The van der Waals surface area contributed by atoms with E-state index in [-0.39, 0.29) is 18.1 Å². The fraction of sp³-hybridized carbons (Fsp3) is 0.368. The maximum absolute atomic E-state index is 15.3. The van der Waals surface area contributed by atoms with Crippen LogP contribution in [0.2, 0.25) is 0 Å². The van der Waals surface area contributed by atoms with Crippen molar-refractivity contribution in [3.63, 3.8) is 0 Å². The second kappa shape index (κ2) is 8.58. The highest BCUT2D eigenvalue weighted by molar-refractivity contribution is 9.10. The Labute approximate surface area is 186 Å². The van der Waals surface area contributed by atoms with Crippen molar-refractivity contribution in [3.05, 3.63) is 52.0 Å². The molecular formula is C19H11BrF12O. The van der Waals surface area contributed by atoms with Crippen molar-refractivity contribution in [1.29, 1.82) is 0 Å². The summed E-state index contributed by atoms with van der Waals surface area (Å²) in [4.78, 5) is 0. The van der Waals surface area contributed by atoms with Gasteiger partial charge in [0.25, 0.3) is 0 Å². The SMILES string of the molecule is CCc1cc(Br)c(-c2ccc(OC(F)(F)F)cc2)c(C(F)(C(F)(F)F)C(F)(F)C(F)(F)F)c1. The number of benzene rings is 2. The normalized spacial score (nSPS) is 15.3. The van der Waals surface area contributed by atoms with Crippen LogP contribution in [-0.2, 0) is 12.1 Å². The number of aryl methyl sites for hydroxylation is 1. The van der Waals surface area contributed by atoms with E-state index in [4.69, 9.17) is 0 Å². The van der Waals surface area contributed by atoms with Crippen molar-refractivity contribution in [1.82, 2.24) is 0 Å². The van der Waals surface area contributed by atoms with Crippen molar-refractivity contribution < 1.29 is 57.4 Å². The molecule has 0 aliphatic carbocycles. The molecule has 1 unspecified atom stereocenters. The van der Waals surface area contributed by atoms with Gasteiger partial charge in [0.15, 0.2) is 0 Å². The van der Waals surface area contributed by atoms with Crippen LogP contribution in [-0.4, -0.2) is 24.6 Å². The molecule has 0 bridgehead atoms. The van der Waals surface area contributed by atoms with E-state index >= 15 is 4.39 Å². The van der Waals surface area contributed by atoms with Crippen LogP contribution in [0.4, 0.5) is 52.7 Å². The first kappa shape index (κ1) is 27.1. The second-order valence-electron chi connectivity index (χ2n) is 6.65. The van der Waals surface area contributed by atoms with Crippen molar-refractivity contribution in [3.8, 4) is 16.9 Å². The van der Waals surface area contributed by atoms with Crippen LogP contribution < -0.4 is 4.74 Å². The van der Waals surface area contributed by atoms with E-state index in [1.165, 1.54) is 6.92 Å². The molecule has 2 rings (SSSR count).